The van der Waals surface area contributed by atoms with Gasteiger partial charge in [-0.1, -0.05) is 88.1 Å². The summed E-state index contributed by atoms with van der Waals surface area (Å²) in [6.07, 6.45) is 27.8. The highest BCUT2D eigenvalue weighted by atomic mass is 31.2. The number of carbonyl (C=O) groups excluding carboxylic acids is 2. The summed E-state index contributed by atoms with van der Waals surface area (Å²) in [5.74, 6) is -0.950. The summed E-state index contributed by atoms with van der Waals surface area (Å²) in [6.45, 7) is 3.30. The van der Waals surface area contributed by atoms with E-state index < -0.39 is 32.5 Å². The van der Waals surface area contributed by atoms with Gasteiger partial charge >= 0.3 is 19.8 Å². The molecule has 1 unspecified atom stereocenters. The average Bonchev–Trinajstić information content (AvgIpc) is 2.87. The van der Waals surface area contributed by atoms with Crippen molar-refractivity contribution in [3.63, 3.8) is 0 Å². The first-order valence-corrected chi connectivity index (χ1v) is 15.5. The molecule has 0 spiro atoms. The number of unbranched alkanes of at least 4 members (excludes halogenated alkanes) is 6. The number of carbonyl (C=O) groups is 2. The molecule has 2 N–H and O–H groups in total. The number of allylic oxidation sites excluding steroid dienone is 8. The summed E-state index contributed by atoms with van der Waals surface area (Å²) in [5.41, 5.74) is 0. The van der Waals surface area contributed by atoms with Crippen LogP contribution in [0.4, 0.5) is 0 Å². The molecule has 0 saturated carbocycles. The molecule has 0 rings (SSSR count). The van der Waals surface area contributed by atoms with Crippen LogP contribution in [0.25, 0.3) is 0 Å². The van der Waals surface area contributed by atoms with Crippen LogP contribution in [0.3, 0.4) is 0 Å². The van der Waals surface area contributed by atoms with E-state index in [-0.39, 0.29) is 19.4 Å². The lowest BCUT2D eigenvalue weighted by Gasteiger charge is -2.18. The summed E-state index contributed by atoms with van der Waals surface area (Å²) >= 11 is 0. The zero-order valence-corrected chi connectivity index (χ0v) is 24.2. The number of esters is 2. The molecule has 0 aliphatic heterocycles. The Labute approximate surface area is 229 Å². The molecule has 0 aromatic rings. The van der Waals surface area contributed by atoms with Crippen LogP contribution in [-0.4, -0.2) is 41.0 Å². The normalized spacial score (nSPS) is 13.3. The zero-order chi connectivity index (χ0) is 28.3. The van der Waals surface area contributed by atoms with Gasteiger partial charge in [-0.15, -0.1) is 0 Å². The van der Waals surface area contributed by atoms with Gasteiger partial charge in [0, 0.05) is 12.8 Å². The molecule has 0 bridgehead atoms. The van der Waals surface area contributed by atoms with Crippen molar-refractivity contribution < 1.29 is 37.9 Å². The first-order chi connectivity index (χ1) is 18.3. The Balaban J connectivity index is 4.02. The largest absolute Gasteiger partial charge is 0.469 e. The van der Waals surface area contributed by atoms with E-state index in [4.69, 9.17) is 19.3 Å². The lowest BCUT2D eigenvalue weighted by Crippen LogP contribution is -2.29. The van der Waals surface area contributed by atoms with Crippen molar-refractivity contribution in [2.24, 2.45) is 0 Å². The van der Waals surface area contributed by atoms with Crippen molar-refractivity contribution in [2.75, 3.05) is 13.2 Å². The molecule has 9 heteroatoms. The van der Waals surface area contributed by atoms with Crippen molar-refractivity contribution >= 4 is 19.8 Å². The summed E-state index contributed by atoms with van der Waals surface area (Å²) in [4.78, 5) is 41.8. The zero-order valence-electron chi connectivity index (χ0n) is 23.3. The summed E-state index contributed by atoms with van der Waals surface area (Å²) in [5, 5.41) is 0. The van der Waals surface area contributed by atoms with Crippen LogP contribution in [0, 0.1) is 0 Å². The molecule has 0 saturated heterocycles. The van der Waals surface area contributed by atoms with Gasteiger partial charge in [-0.05, 0) is 51.4 Å². The van der Waals surface area contributed by atoms with Gasteiger partial charge in [-0.3, -0.25) is 14.1 Å². The second kappa shape index (κ2) is 25.3. The monoisotopic (exact) mass is 556 g/mol. The van der Waals surface area contributed by atoms with Gasteiger partial charge in [0.05, 0.1) is 6.61 Å². The maximum atomic E-state index is 12.2. The molecule has 0 fully saturated rings. The Hall–Kier alpha value is -1.99. The quantitative estimate of drug-likeness (QED) is 0.0551. The second-order valence-corrected chi connectivity index (χ2v) is 10.2. The van der Waals surface area contributed by atoms with Gasteiger partial charge < -0.3 is 19.3 Å². The third-order valence-electron chi connectivity index (χ3n) is 5.36. The molecule has 218 valence electrons. The lowest BCUT2D eigenvalue weighted by atomic mass is 10.1. The highest BCUT2D eigenvalue weighted by molar-refractivity contribution is 7.46. The van der Waals surface area contributed by atoms with Gasteiger partial charge in [0.15, 0.2) is 6.10 Å². The molecule has 8 nitrogen and oxygen atoms in total. The van der Waals surface area contributed by atoms with E-state index >= 15 is 0 Å². The van der Waals surface area contributed by atoms with Crippen LogP contribution < -0.4 is 0 Å². The van der Waals surface area contributed by atoms with E-state index in [2.05, 4.69) is 60.1 Å². The fraction of sp³-hybridized carbons (Fsp3) is 0.655. The third-order valence-corrected chi connectivity index (χ3v) is 5.85. The molecular formula is C29H49O8P. The molecule has 0 aromatic carbocycles. The first kappa shape index (κ1) is 36.0. The van der Waals surface area contributed by atoms with Crippen molar-refractivity contribution in [1.82, 2.24) is 0 Å². The Morgan fingerprint density at radius 1 is 0.711 bits per heavy atom. The van der Waals surface area contributed by atoms with Gasteiger partial charge in [-0.25, -0.2) is 4.57 Å². The maximum absolute atomic E-state index is 12.2. The topological polar surface area (TPSA) is 119 Å². The molecule has 1 atom stereocenters. The van der Waals surface area contributed by atoms with Crippen LogP contribution in [0.1, 0.15) is 104 Å². The molecule has 38 heavy (non-hydrogen) atoms. The summed E-state index contributed by atoms with van der Waals surface area (Å²) < 4.78 is 25.8. The Morgan fingerprint density at radius 2 is 1.26 bits per heavy atom. The Bertz CT molecular complexity index is 767. The van der Waals surface area contributed by atoms with Crippen LogP contribution in [0.5, 0.6) is 0 Å². The van der Waals surface area contributed by atoms with Crippen molar-refractivity contribution in [1.29, 1.82) is 0 Å². The first-order valence-electron chi connectivity index (χ1n) is 13.9. The molecular weight excluding hydrogens is 507 g/mol. The molecule has 0 aliphatic carbocycles. The molecule has 0 heterocycles. The van der Waals surface area contributed by atoms with Crippen LogP contribution in [-0.2, 0) is 28.2 Å². The fourth-order valence-corrected chi connectivity index (χ4v) is 3.66. The molecule has 0 amide bonds. The molecule has 0 aliphatic rings. The SMILES string of the molecule is CC/C=C\C/C=C\C/C=C\C/C=C\CCCCCCC(=O)OC(COC(=O)CCCCC)COP(=O)(O)O. The van der Waals surface area contributed by atoms with Crippen molar-refractivity contribution in [3.8, 4) is 0 Å². The van der Waals surface area contributed by atoms with Gasteiger partial charge in [-0.2, -0.15) is 0 Å². The van der Waals surface area contributed by atoms with E-state index in [1.165, 1.54) is 0 Å². The average molecular weight is 557 g/mol. The Kier molecular flexibility index (Phi) is 24.0. The maximum Gasteiger partial charge on any atom is 0.469 e. The predicted octanol–water partition coefficient (Wildman–Crippen LogP) is 7.28. The third kappa shape index (κ3) is 27.1. The highest BCUT2D eigenvalue weighted by Gasteiger charge is 2.22. The lowest BCUT2D eigenvalue weighted by molar-refractivity contribution is -0.161. The standard InChI is InChI=1S/C29H49O8P/c1-3-5-7-8-9-10-11-12-13-14-15-16-17-18-19-20-22-24-29(31)37-27(26-36-38(32,33)34)25-35-28(30)23-21-6-4-2/h5,7,9-10,12-13,15-16,27H,3-4,6,8,11,14,17-26H2,1-2H3,(H2,32,33,34)/b7-5-,10-9-,13-12-,16-15-. The second-order valence-electron chi connectivity index (χ2n) is 8.99. The van der Waals surface area contributed by atoms with E-state index in [0.29, 0.717) is 12.8 Å². The van der Waals surface area contributed by atoms with Crippen molar-refractivity contribution in [3.05, 3.63) is 48.6 Å². The fourth-order valence-electron chi connectivity index (χ4n) is 3.30. The summed E-state index contributed by atoms with van der Waals surface area (Å²) in [6, 6.07) is 0. The summed E-state index contributed by atoms with van der Waals surface area (Å²) in [7, 11) is -4.73. The van der Waals surface area contributed by atoms with Crippen LogP contribution in [0.2, 0.25) is 0 Å². The number of phosphoric acid groups is 1. The van der Waals surface area contributed by atoms with Gasteiger partial charge in [0.25, 0.3) is 0 Å². The number of rotatable bonds is 24. The molecule has 0 radical (unpaired) electrons. The van der Waals surface area contributed by atoms with Gasteiger partial charge in [0.2, 0.25) is 0 Å². The number of hydrogen-bond donors (Lipinski definition) is 2. The smallest absolute Gasteiger partial charge is 0.462 e. The minimum absolute atomic E-state index is 0.181. The van der Waals surface area contributed by atoms with E-state index in [9.17, 15) is 14.2 Å². The van der Waals surface area contributed by atoms with Gasteiger partial charge in [0.1, 0.15) is 6.61 Å². The number of hydrogen-bond acceptors (Lipinski definition) is 6. The van der Waals surface area contributed by atoms with Crippen molar-refractivity contribution in [2.45, 2.75) is 110 Å². The van der Waals surface area contributed by atoms with E-state index in [1.807, 2.05) is 6.92 Å². The van der Waals surface area contributed by atoms with Crippen LogP contribution in [0.15, 0.2) is 48.6 Å². The number of ether oxygens (including phenoxy) is 2. The Morgan fingerprint density at radius 3 is 1.87 bits per heavy atom. The molecule has 0 aromatic heterocycles. The minimum Gasteiger partial charge on any atom is -0.462 e. The predicted molar refractivity (Wildman–Crippen MR) is 151 cm³/mol. The minimum atomic E-state index is -4.73. The highest BCUT2D eigenvalue weighted by Crippen LogP contribution is 2.35. The van der Waals surface area contributed by atoms with Crippen LogP contribution >= 0.6 is 7.82 Å². The van der Waals surface area contributed by atoms with E-state index in [1.54, 1.807) is 0 Å². The number of phosphoric ester groups is 1. The van der Waals surface area contributed by atoms with E-state index in [0.717, 1.165) is 64.2 Å².